The molecule has 2 aliphatic carbocycles. The Hall–Kier alpha value is -0.570. The first-order valence-electron chi connectivity index (χ1n) is 6.22. The van der Waals surface area contributed by atoms with E-state index in [9.17, 15) is 4.79 Å². The number of rotatable bonds is 3. The van der Waals surface area contributed by atoms with Gasteiger partial charge >= 0.3 is 0 Å². The van der Waals surface area contributed by atoms with E-state index < -0.39 is 0 Å². The van der Waals surface area contributed by atoms with Crippen LogP contribution in [0.15, 0.2) is 0 Å². The molecule has 86 valence electrons. The Morgan fingerprint density at radius 3 is 2.33 bits per heavy atom. The minimum absolute atomic E-state index is 0.228. The van der Waals surface area contributed by atoms with Gasteiger partial charge in [0.2, 0.25) is 5.91 Å². The Kier molecular flexibility index (Phi) is 3.29. The van der Waals surface area contributed by atoms with E-state index in [4.69, 9.17) is 5.73 Å². The van der Waals surface area contributed by atoms with Gasteiger partial charge in [0.1, 0.15) is 0 Å². The third-order valence-corrected chi connectivity index (χ3v) is 3.84. The maximum Gasteiger partial charge on any atom is 0.223 e. The molecule has 3 N–H and O–H groups in total. The predicted octanol–water partition coefficient (Wildman–Crippen LogP) is 1.42. The summed E-state index contributed by atoms with van der Waals surface area (Å²) in [5.41, 5.74) is 5.82. The molecule has 2 rings (SSSR count). The lowest BCUT2D eigenvalue weighted by Crippen LogP contribution is -2.41. The molecule has 15 heavy (non-hydrogen) atoms. The van der Waals surface area contributed by atoms with Crippen LogP contribution >= 0.6 is 0 Å². The van der Waals surface area contributed by atoms with Crippen molar-refractivity contribution >= 4 is 5.91 Å². The third-order valence-electron chi connectivity index (χ3n) is 3.84. The monoisotopic (exact) mass is 210 g/mol. The van der Waals surface area contributed by atoms with Crippen molar-refractivity contribution in [3.8, 4) is 0 Å². The summed E-state index contributed by atoms with van der Waals surface area (Å²) in [6.45, 7) is 2.13. The van der Waals surface area contributed by atoms with Gasteiger partial charge in [-0.25, -0.2) is 0 Å². The first-order chi connectivity index (χ1) is 7.16. The predicted molar refractivity (Wildman–Crippen MR) is 60.3 cm³/mol. The smallest absolute Gasteiger partial charge is 0.223 e. The topological polar surface area (TPSA) is 55.1 Å². The normalized spacial score (nSPS) is 33.5. The van der Waals surface area contributed by atoms with Crippen LogP contribution in [0.5, 0.6) is 0 Å². The van der Waals surface area contributed by atoms with E-state index in [2.05, 4.69) is 12.2 Å². The summed E-state index contributed by atoms with van der Waals surface area (Å²) in [5, 5.41) is 3.15. The Balaban J connectivity index is 1.75. The maximum absolute atomic E-state index is 11.9. The zero-order chi connectivity index (χ0) is 10.8. The van der Waals surface area contributed by atoms with Crippen molar-refractivity contribution in [2.24, 2.45) is 17.6 Å². The number of carbonyl (C=O) groups is 1. The molecule has 0 aromatic carbocycles. The van der Waals surface area contributed by atoms with Crippen LogP contribution in [-0.2, 0) is 4.79 Å². The highest BCUT2D eigenvalue weighted by molar-refractivity contribution is 5.79. The summed E-state index contributed by atoms with van der Waals surface area (Å²) in [6.07, 6.45) is 6.55. The maximum atomic E-state index is 11.9. The molecule has 0 aliphatic heterocycles. The number of nitrogens with two attached hydrogens (primary N) is 1. The van der Waals surface area contributed by atoms with Gasteiger partial charge in [-0.15, -0.1) is 0 Å². The molecule has 3 heteroatoms. The Bertz CT molecular complexity index is 230. The van der Waals surface area contributed by atoms with Gasteiger partial charge in [-0.05, 0) is 51.4 Å². The van der Waals surface area contributed by atoms with Crippen molar-refractivity contribution in [1.82, 2.24) is 5.32 Å². The molecule has 0 radical (unpaired) electrons. The van der Waals surface area contributed by atoms with Crippen molar-refractivity contribution in [3.05, 3.63) is 0 Å². The first-order valence-corrected chi connectivity index (χ1v) is 6.22. The van der Waals surface area contributed by atoms with E-state index in [1.165, 1.54) is 12.8 Å². The molecule has 0 aromatic heterocycles. The fourth-order valence-electron chi connectivity index (χ4n) is 2.44. The van der Waals surface area contributed by atoms with Gasteiger partial charge in [0, 0.05) is 18.0 Å². The van der Waals surface area contributed by atoms with E-state index in [-0.39, 0.29) is 11.8 Å². The average molecular weight is 210 g/mol. The molecular weight excluding hydrogens is 188 g/mol. The van der Waals surface area contributed by atoms with Crippen molar-refractivity contribution in [3.63, 3.8) is 0 Å². The molecule has 1 unspecified atom stereocenters. The molecule has 0 heterocycles. The zero-order valence-electron chi connectivity index (χ0n) is 9.54. The van der Waals surface area contributed by atoms with Crippen LogP contribution in [-0.4, -0.2) is 18.0 Å². The van der Waals surface area contributed by atoms with Gasteiger partial charge in [-0.2, -0.15) is 0 Å². The summed E-state index contributed by atoms with van der Waals surface area (Å²) < 4.78 is 0. The molecule has 2 aliphatic rings. The second-order valence-corrected chi connectivity index (χ2v) is 5.25. The summed E-state index contributed by atoms with van der Waals surface area (Å²) in [7, 11) is 0. The van der Waals surface area contributed by atoms with Crippen LogP contribution in [0.25, 0.3) is 0 Å². The van der Waals surface area contributed by atoms with Crippen LogP contribution < -0.4 is 11.1 Å². The standard InChI is InChI=1S/C12H22N2O/c1-8(9-2-3-9)14-12(15)10-4-6-11(13)7-5-10/h8-11H,2-7,13H2,1H3,(H,14,15). The zero-order valence-corrected chi connectivity index (χ0v) is 9.54. The fraction of sp³-hybridized carbons (Fsp3) is 0.917. The minimum atomic E-state index is 0.228. The lowest BCUT2D eigenvalue weighted by molar-refractivity contribution is -0.126. The van der Waals surface area contributed by atoms with Gasteiger partial charge < -0.3 is 11.1 Å². The van der Waals surface area contributed by atoms with Gasteiger partial charge in [-0.1, -0.05) is 0 Å². The largest absolute Gasteiger partial charge is 0.353 e. The molecule has 1 atom stereocenters. The number of nitrogens with one attached hydrogen (secondary N) is 1. The summed E-state index contributed by atoms with van der Waals surface area (Å²) in [5.74, 6) is 1.24. The van der Waals surface area contributed by atoms with Crippen LogP contribution in [0.3, 0.4) is 0 Å². The quantitative estimate of drug-likeness (QED) is 0.740. The molecule has 2 fully saturated rings. The van der Waals surface area contributed by atoms with Crippen LogP contribution in [0, 0.1) is 11.8 Å². The SMILES string of the molecule is CC(NC(=O)C1CCC(N)CC1)C1CC1. The fourth-order valence-corrected chi connectivity index (χ4v) is 2.44. The highest BCUT2D eigenvalue weighted by atomic mass is 16.1. The van der Waals surface area contributed by atoms with Crippen molar-refractivity contribution in [2.45, 2.75) is 57.5 Å². The minimum Gasteiger partial charge on any atom is -0.353 e. The Morgan fingerprint density at radius 2 is 1.80 bits per heavy atom. The molecule has 3 nitrogen and oxygen atoms in total. The second kappa shape index (κ2) is 4.52. The van der Waals surface area contributed by atoms with E-state index in [0.717, 1.165) is 31.6 Å². The van der Waals surface area contributed by atoms with Gasteiger partial charge in [0.05, 0.1) is 0 Å². The van der Waals surface area contributed by atoms with Crippen molar-refractivity contribution in [1.29, 1.82) is 0 Å². The Morgan fingerprint density at radius 1 is 1.20 bits per heavy atom. The molecule has 0 aromatic rings. The highest BCUT2D eigenvalue weighted by Gasteiger charge is 2.31. The second-order valence-electron chi connectivity index (χ2n) is 5.25. The number of carbonyl (C=O) groups excluding carboxylic acids is 1. The molecule has 0 bridgehead atoms. The van der Waals surface area contributed by atoms with Crippen LogP contribution in [0.4, 0.5) is 0 Å². The number of hydrogen-bond donors (Lipinski definition) is 2. The molecule has 1 amide bonds. The average Bonchev–Trinajstić information content (AvgIpc) is 3.01. The van der Waals surface area contributed by atoms with E-state index in [1.807, 2.05) is 0 Å². The van der Waals surface area contributed by atoms with E-state index in [0.29, 0.717) is 12.1 Å². The summed E-state index contributed by atoms with van der Waals surface area (Å²) >= 11 is 0. The number of amides is 1. The van der Waals surface area contributed by atoms with Crippen molar-refractivity contribution in [2.75, 3.05) is 0 Å². The lowest BCUT2D eigenvalue weighted by atomic mass is 9.86. The molecular formula is C12H22N2O. The molecule has 2 saturated carbocycles. The number of hydrogen-bond acceptors (Lipinski definition) is 2. The van der Waals surface area contributed by atoms with Crippen LogP contribution in [0.1, 0.15) is 45.4 Å². The van der Waals surface area contributed by atoms with E-state index in [1.54, 1.807) is 0 Å². The first kappa shape index (κ1) is 10.9. The van der Waals surface area contributed by atoms with Crippen LogP contribution in [0.2, 0.25) is 0 Å². The summed E-state index contributed by atoms with van der Waals surface area (Å²) in [4.78, 5) is 11.9. The lowest BCUT2D eigenvalue weighted by Gasteiger charge is -2.26. The van der Waals surface area contributed by atoms with Gasteiger partial charge in [0.15, 0.2) is 0 Å². The van der Waals surface area contributed by atoms with E-state index >= 15 is 0 Å². The summed E-state index contributed by atoms with van der Waals surface area (Å²) in [6, 6.07) is 0.711. The Labute approximate surface area is 91.8 Å². The molecule has 0 spiro atoms. The third kappa shape index (κ3) is 2.94. The van der Waals surface area contributed by atoms with Gasteiger partial charge in [0.25, 0.3) is 0 Å². The highest BCUT2D eigenvalue weighted by Crippen LogP contribution is 2.33. The van der Waals surface area contributed by atoms with Crippen molar-refractivity contribution < 1.29 is 4.79 Å². The van der Waals surface area contributed by atoms with Gasteiger partial charge in [-0.3, -0.25) is 4.79 Å². The molecule has 0 saturated heterocycles.